The number of rotatable bonds is 7. The number of benzene rings is 1. The van der Waals surface area contributed by atoms with Crippen molar-refractivity contribution in [2.24, 2.45) is 5.92 Å². The van der Waals surface area contributed by atoms with Crippen molar-refractivity contribution in [1.29, 1.82) is 0 Å². The smallest absolute Gasteiger partial charge is 0.260 e. The summed E-state index contributed by atoms with van der Waals surface area (Å²) in [4.78, 5) is 32.6. The quantitative estimate of drug-likeness (QED) is 0.477. The van der Waals surface area contributed by atoms with Crippen molar-refractivity contribution in [2.45, 2.75) is 71.6 Å². The lowest BCUT2D eigenvalue weighted by molar-refractivity contribution is -0.141. The molecule has 10 heteroatoms. The van der Waals surface area contributed by atoms with Crippen molar-refractivity contribution >= 4 is 17.6 Å². The van der Waals surface area contributed by atoms with E-state index in [1.54, 1.807) is 17.0 Å². The molecular formula is C29H36N6O4. The van der Waals surface area contributed by atoms with Crippen LogP contribution in [0.1, 0.15) is 67.8 Å². The topological polar surface area (TPSA) is 122 Å². The number of anilines is 1. The van der Waals surface area contributed by atoms with Crippen molar-refractivity contribution in [3.05, 3.63) is 52.8 Å². The molecule has 0 fully saturated rings. The van der Waals surface area contributed by atoms with Crippen molar-refractivity contribution in [1.82, 2.24) is 24.6 Å². The summed E-state index contributed by atoms with van der Waals surface area (Å²) in [6.07, 6.45) is 1.87. The summed E-state index contributed by atoms with van der Waals surface area (Å²) in [6.45, 7) is 9.10. The molecule has 2 aromatic heterocycles. The fourth-order valence-corrected chi connectivity index (χ4v) is 5.50. The Morgan fingerprint density at radius 1 is 1.15 bits per heavy atom. The second-order valence-corrected chi connectivity index (χ2v) is 11.4. The molecule has 0 saturated carbocycles. The van der Waals surface area contributed by atoms with Gasteiger partial charge in [-0.1, -0.05) is 19.9 Å². The van der Waals surface area contributed by atoms with E-state index in [2.05, 4.69) is 38.9 Å². The molecule has 0 bridgehead atoms. The summed E-state index contributed by atoms with van der Waals surface area (Å²) < 4.78 is 7.68. The van der Waals surface area contributed by atoms with Crippen LogP contribution in [0.4, 0.5) is 5.82 Å². The Morgan fingerprint density at radius 2 is 1.95 bits per heavy atom. The average Bonchev–Trinajstić information content (AvgIpc) is 3.47. The lowest BCUT2D eigenvalue weighted by Crippen LogP contribution is -2.42. The molecule has 39 heavy (non-hydrogen) atoms. The maximum absolute atomic E-state index is 13.4. The molecule has 2 aliphatic heterocycles. The Hall–Kier alpha value is -3.79. The van der Waals surface area contributed by atoms with E-state index in [-0.39, 0.29) is 23.3 Å². The van der Waals surface area contributed by atoms with Gasteiger partial charge in [0.1, 0.15) is 29.2 Å². The van der Waals surface area contributed by atoms with Gasteiger partial charge in [0, 0.05) is 25.0 Å². The normalized spacial score (nSPS) is 16.5. The lowest BCUT2D eigenvalue weighted by atomic mass is 9.95. The second kappa shape index (κ2) is 10.4. The molecular weight excluding hydrogens is 496 g/mol. The minimum absolute atomic E-state index is 0.105. The summed E-state index contributed by atoms with van der Waals surface area (Å²) in [5.41, 5.74) is 2.76. The molecule has 1 atom stereocenters. The summed E-state index contributed by atoms with van der Waals surface area (Å²) in [6, 6.07) is 9.06. The standard InChI is InChI=1S/C29H36N6O4/c1-17(2)13-22(36)28(38)34-12-10-18-15-23(39-5)20(14-19(18)16-34)27(37)31-24-8-6-7-21(30-24)26-33-32-25-9-11-29(3,4)35(25)26/h6-8,14-15,17,22,36H,9-13,16H2,1-5H3,(H,30,31,37). The third kappa shape index (κ3) is 5.25. The van der Waals surface area contributed by atoms with Crippen LogP contribution in [0.15, 0.2) is 30.3 Å². The highest BCUT2D eigenvalue weighted by Crippen LogP contribution is 2.35. The molecule has 10 nitrogen and oxygen atoms in total. The zero-order valence-corrected chi connectivity index (χ0v) is 23.2. The van der Waals surface area contributed by atoms with Crippen LogP contribution in [0.2, 0.25) is 0 Å². The molecule has 4 heterocycles. The number of aliphatic hydroxyl groups is 1. The number of aromatic nitrogens is 4. The predicted molar refractivity (Wildman–Crippen MR) is 146 cm³/mol. The van der Waals surface area contributed by atoms with Gasteiger partial charge in [0.25, 0.3) is 11.8 Å². The fraction of sp³-hybridized carbons (Fsp3) is 0.483. The van der Waals surface area contributed by atoms with Crippen LogP contribution in [0.3, 0.4) is 0 Å². The lowest BCUT2D eigenvalue weighted by Gasteiger charge is -2.31. The third-order valence-corrected chi connectivity index (χ3v) is 7.59. The molecule has 0 aliphatic carbocycles. The number of methoxy groups -OCH3 is 1. The maximum Gasteiger partial charge on any atom is 0.260 e. The van der Waals surface area contributed by atoms with Gasteiger partial charge in [-0.05, 0) is 74.4 Å². The highest BCUT2D eigenvalue weighted by molar-refractivity contribution is 6.06. The van der Waals surface area contributed by atoms with Gasteiger partial charge in [-0.3, -0.25) is 9.59 Å². The number of amides is 2. The van der Waals surface area contributed by atoms with Crippen LogP contribution in [-0.2, 0) is 29.7 Å². The van der Waals surface area contributed by atoms with Gasteiger partial charge in [0.2, 0.25) is 0 Å². The van der Waals surface area contributed by atoms with Crippen molar-refractivity contribution in [2.75, 3.05) is 19.0 Å². The molecule has 1 unspecified atom stereocenters. The number of aliphatic hydroxyl groups excluding tert-OH is 1. The minimum atomic E-state index is -1.02. The first kappa shape index (κ1) is 26.8. The van der Waals surface area contributed by atoms with E-state index >= 15 is 0 Å². The SMILES string of the molecule is COc1cc2c(cc1C(=O)Nc1cccc(-c3nnc4n3C(C)(C)CC4)n1)CN(C(=O)C(O)CC(C)C)CC2. The van der Waals surface area contributed by atoms with Gasteiger partial charge in [-0.15, -0.1) is 10.2 Å². The summed E-state index contributed by atoms with van der Waals surface area (Å²) in [5.74, 6) is 2.03. The third-order valence-electron chi connectivity index (χ3n) is 7.59. The number of aryl methyl sites for hydroxylation is 1. The van der Waals surface area contributed by atoms with Crippen LogP contribution >= 0.6 is 0 Å². The molecule has 5 rings (SSSR count). The number of nitrogens with zero attached hydrogens (tertiary/aromatic N) is 5. The Labute approximate surface area is 228 Å². The van der Waals surface area contributed by atoms with Gasteiger partial charge in [-0.25, -0.2) is 4.98 Å². The number of ether oxygens (including phenoxy) is 1. The number of carbonyl (C=O) groups is 2. The number of hydrogen-bond donors (Lipinski definition) is 2. The molecule has 0 saturated heterocycles. The zero-order valence-electron chi connectivity index (χ0n) is 23.2. The number of nitrogens with one attached hydrogen (secondary N) is 1. The summed E-state index contributed by atoms with van der Waals surface area (Å²) in [5, 5.41) is 22.0. The van der Waals surface area contributed by atoms with Crippen LogP contribution in [0, 0.1) is 5.92 Å². The Balaban J connectivity index is 1.37. The number of fused-ring (bicyclic) bond motifs is 2. The van der Waals surface area contributed by atoms with Crippen LogP contribution in [0.5, 0.6) is 5.75 Å². The first-order valence-corrected chi connectivity index (χ1v) is 13.5. The van der Waals surface area contributed by atoms with Gasteiger partial charge in [0.05, 0.1) is 12.7 Å². The average molecular weight is 533 g/mol. The molecule has 1 aromatic carbocycles. The molecule has 206 valence electrons. The Morgan fingerprint density at radius 3 is 2.69 bits per heavy atom. The number of carbonyl (C=O) groups excluding carboxylic acids is 2. The maximum atomic E-state index is 13.4. The van der Waals surface area contributed by atoms with E-state index in [4.69, 9.17) is 4.74 Å². The molecule has 0 radical (unpaired) electrons. The van der Waals surface area contributed by atoms with Crippen LogP contribution in [0.25, 0.3) is 11.5 Å². The van der Waals surface area contributed by atoms with E-state index in [9.17, 15) is 14.7 Å². The molecule has 2 amide bonds. The molecule has 3 aromatic rings. The van der Waals surface area contributed by atoms with Crippen molar-refractivity contribution in [3.8, 4) is 17.3 Å². The molecule has 2 aliphatic rings. The number of hydrogen-bond acceptors (Lipinski definition) is 7. The van der Waals surface area contributed by atoms with E-state index in [1.807, 2.05) is 32.0 Å². The predicted octanol–water partition coefficient (Wildman–Crippen LogP) is 3.57. The molecule has 2 N–H and O–H groups in total. The van der Waals surface area contributed by atoms with Crippen molar-refractivity contribution in [3.63, 3.8) is 0 Å². The summed E-state index contributed by atoms with van der Waals surface area (Å²) >= 11 is 0. The fourth-order valence-electron chi connectivity index (χ4n) is 5.50. The van der Waals surface area contributed by atoms with Gasteiger partial charge in [0.15, 0.2) is 5.82 Å². The van der Waals surface area contributed by atoms with Crippen LogP contribution < -0.4 is 10.1 Å². The Kier molecular flexibility index (Phi) is 7.15. The van der Waals surface area contributed by atoms with E-state index in [0.717, 1.165) is 29.8 Å². The molecule has 0 spiro atoms. The monoisotopic (exact) mass is 532 g/mol. The minimum Gasteiger partial charge on any atom is -0.496 e. The van der Waals surface area contributed by atoms with E-state index in [0.29, 0.717) is 54.6 Å². The van der Waals surface area contributed by atoms with Gasteiger partial charge >= 0.3 is 0 Å². The largest absolute Gasteiger partial charge is 0.496 e. The van der Waals surface area contributed by atoms with E-state index in [1.165, 1.54) is 7.11 Å². The Bertz CT molecular complexity index is 1410. The van der Waals surface area contributed by atoms with Crippen LogP contribution in [-0.4, -0.2) is 61.3 Å². The van der Waals surface area contributed by atoms with Crippen molar-refractivity contribution < 1.29 is 19.4 Å². The summed E-state index contributed by atoms with van der Waals surface area (Å²) in [7, 11) is 1.53. The van der Waals surface area contributed by atoms with E-state index < -0.39 is 6.10 Å². The highest BCUT2D eigenvalue weighted by Gasteiger charge is 2.34. The van der Waals surface area contributed by atoms with Gasteiger partial charge in [-0.2, -0.15) is 0 Å². The zero-order chi connectivity index (χ0) is 27.9. The van der Waals surface area contributed by atoms with Gasteiger partial charge < -0.3 is 24.6 Å². The second-order valence-electron chi connectivity index (χ2n) is 11.4. The first-order valence-electron chi connectivity index (χ1n) is 13.5. The highest BCUT2D eigenvalue weighted by atomic mass is 16.5. The number of pyridine rings is 1. The first-order chi connectivity index (χ1) is 18.6.